The quantitative estimate of drug-likeness (QED) is 0.386. The molecule has 1 fully saturated rings. The normalized spacial score (nSPS) is 16.3. The Balaban J connectivity index is 0.00000280. The molecule has 9 heteroatoms. The maximum atomic E-state index is 13.9. The van der Waals surface area contributed by atoms with Crippen molar-refractivity contribution in [3.05, 3.63) is 59.3 Å². The van der Waals surface area contributed by atoms with Gasteiger partial charge in [-0.05, 0) is 36.8 Å². The molecule has 2 aromatic rings. The highest BCUT2D eigenvalue weighted by atomic mass is 127. The number of aromatic nitrogens is 1. The van der Waals surface area contributed by atoms with E-state index in [-0.39, 0.29) is 48.2 Å². The van der Waals surface area contributed by atoms with Gasteiger partial charge in [0.25, 0.3) is 0 Å². The van der Waals surface area contributed by atoms with Gasteiger partial charge < -0.3 is 15.5 Å². The van der Waals surface area contributed by atoms with E-state index in [4.69, 9.17) is 5.26 Å². The van der Waals surface area contributed by atoms with Crippen molar-refractivity contribution >= 4 is 35.8 Å². The average molecular weight is 498 g/mol. The lowest BCUT2D eigenvalue weighted by Crippen LogP contribution is -2.44. The van der Waals surface area contributed by atoms with Crippen LogP contribution in [0.3, 0.4) is 0 Å². The van der Waals surface area contributed by atoms with E-state index in [1.54, 1.807) is 19.3 Å². The lowest BCUT2D eigenvalue weighted by atomic mass is 10.1. The fourth-order valence-corrected chi connectivity index (χ4v) is 3.03. The van der Waals surface area contributed by atoms with Crippen LogP contribution in [-0.4, -0.2) is 37.1 Å². The van der Waals surface area contributed by atoms with E-state index in [0.29, 0.717) is 36.0 Å². The molecule has 0 aliphatic carbocycles. The number of benzene rings is 1. The zero-order valence-corrected chi connectivity index (χ0v) is 17.7. The first kappa shape index (κ1) is 21.8. The molecule has 1 atom stereocenters. The standard InChI is InChI=1S/C19H20F2N6.HI/c1-23-19(25-11-14-9-13(10-22)4-5-16(14)20)26-15-6-8-27(12-15)18-17(21)3-2-7-24-18;/h2-5,7,9,15H,6,8,11-12H2,1H3,(H2,23,25,26);1H. The fourth-order valence-electron chi connectivity index (χ4n) is 3.03. The van der Waals surface area contributed by atoms with Gasteiger partial charge in [-0.2, -0.15) is 5.26 Å². The molecule has 1 aromatic carbocycles. The summed E-state index contributed by atoms with van der Waals surface area (Å²) in [6.45, 7) is 1.47. The highest BCUT2D eigenvalue weighted by molar-refractivity contribution is 14.0. The van der Waals surface area contributed by atoms with Crippen molar-refractivity contribution in [3.63, 3.8) is 0 Å². The van der Waals surface area contributed by atoms with Gasteiger partial charge in [0.15, 0.2) is 17.6 Å². The molecule has 0 spiro atoms. The maximum absolute atomic E-state index is 13.9. The Morgan fingerprint density at radius 3 is 2.89 bits per heavy atom. The molecule has 0 amide bonds. The lowest BCUT2D eigenvalue weighted by molar-refractivity contribution is 0.600. The first-order chi connectivity index (χ1) is 13.1. The van der Waals surface area contributed by atoms with Crippen LogP contribution in [0.25, 0.3) is 0 Å². The summed E-state index contributed by atoms with van der Waals surface area (Å²) >= 11 is 0. The largest absolute Gasteiger partial charge is 0.352 e. The number of aliphatic imine (C=N–C) groups is 1. The third-order valence-electron chi connectivity index (χ3n) is 4.41. The van der Waals surface area contributed by atoms with Crippen molar-refractivity contribution in [2.24, 2.45) is 4.99 Å². The Kier molecular flexibility index (Phi) is 7.92. The molecule has 2 N–H and O–H groups in total. The molecular formula is C19H21F2IN6. The van der Waals surface area contributed by atoms with Crippen molar-refractivity contribution in [2.45, 2.75) is 19.0 Å². The molecule has 0 bridgehead atoms. The van der Waals surface area contributed by atoms with E-state index in [9.17, 15) is 8.78 Å². The summed E-state index contributed by atoms with van der Waals surface area (Å²) in [4.78, 5) is 10.1. The van der Waals surface area contributed by atoms with Crippen molar-refractivity contribution in [1.82, 2.24) is 15.6 Å². The van der Waals surface area contributed by atoms with E-state index < -0.39 is 0 Å². The molecule has 2 heterocycles. The average Bonchev–Trinajstić information content (AvgIpc) is 3.14. The third kappa shape index (κ3) is 5.28. The van der Waals surface area contributed by atoms with Gasteiger partial charge in [0.05, 0.1) is 11.6 Å². The Morgan fingerprint density at radius 2 is 2.18 bits per heavy atom. The van der Waals surface area contributed by atoms with Crippen LogP contribution in [0.1, 0.15) is 17.5 Å². The third-order valence-corrected chi connectivity index (χ3v) is 4.41. The second-order valence-corrected chi connectivity index (χ2v) is 6.23. The Morgan fingerprint density at radius 1 is 1.36 bits per heavy atom. The van der Waals surface area contributed by atoms with Crippen LogP contribution in [0.5, 0.6) is 0 Å². The van der Waals surface area contributed by atoms with Gasteiger partial charge in [-0.15, -0.1) is 24.0 Å². The SMILES string of the molecule is CN=C(NCc1cc(C#N)ccc1F)NC1CCN(c2ncccc2F)C1.I. The number of guanidine groups is 1. The number of pyridine rings is 1. The number of hydrogen-bond acceptors (Lipinski definition) is 4. The highest BCUT2D eigenvalue weighted by Crippen LogP contribution is 2.20. The van der Waals surface area contributed by atoms with Crippen LogP contribution < -0.4 is 15.5 Å². The summed E-state index contributed by atoms with van der Waals surface area (Å²) < 4.78 is 27.8. The van der Waals surface area contributed by atoms with Crippen LogP contribution >= 0.6 is 24.0 Å². The molecule has 148 valence electrons. The molecule has 1 aliphatic heterocycles. The molecule has 1 saturated heterocycles. The number of rotatable bonds is 4. The molecule has 6 nitrogen and oxygen atoms in total. The van der Waals surface area contributed by atoms with Gasteiger partial charge in [0.2, 0.25) is 0 Å². The predicted octanol–water partition coefficient (Wildman–Crippen LogP) is 2.79. The topological polar surface area (TPSA) is 76.3 Å². The summed E-state index contributed by atoms with van der Waals surface area (Å²) in [5, 5.41) is 15.3. The minimum Gasteiger partial charge on any atom is -0.352 e. The van der Waals surface area contributed by atoms with Gasteiger partial charge in [-0.3, -0.25) is 4.99 Å². The lowest BCUT2D eigenvalue weighted by Gasteiger charge is -2.20. The fraction of sp³-hybridized carbons (Fsp3) is 0.316. The van der Waals surface area contributed by atoms with Gasteiger partial charge in [-0.25, -0.2) is 13.8 Å². The first-order valence-corrected chi connectivity index (χ1v) is 8.62. The van der Waals surface area contributed by atoms with Crippen molar-refractivity contribution in [1.29, 1.82) is 5.26 Å². The van der Waals surface area contributed by atoms with Crippen molar-refractivity contribution in [3.8, 4) is 6.07 Å². The van der Waals surface area contributed by atoms with E-state index in [1.807, 2.05) is 11.0 Å². The Bertz CT molecular complexity index is 883. The number of nitrogens with zero attached hydrogens (tertiary/aromatic N) is 4. The summed E-state index contributed by atoms with van der Waals surface area (Å²) in [6.07, 6.45) is 2.37. The summed E-state index contributed by atoms with van der Waals surface area (Å²) in [5.74, 6) is 0.147. The second kappa shape index (κ2) is 10.2. The molecule has 0 radical (unpaired) electrons. The Labute approximate surface area is 179 Å². The zero-order chi connectivity index (χ0) is 19.2. The second-order valence-electron chi connectivity index (χ2n) is 6.23. The molecule has 3 rings (SSSR count). The van der Waals surface area contributed by atoms with Crippen LogP contribution in [0, 0.1) is 23.0 Å². The van der Waals surface area contributed by atoms with Crippen molar-refractivity contribution in [2.75, 3.05) is 25.0 Å². The van der Waals surface area contributed by atoms with Gasteiger partial charge in [0, 0.05) is 44.5 Å². The minimum absolute atomic E-state index is 0. The van der Waals surface area contributed by atoms with Gasteiger partial charge >= 0.3 is 0 Å². The van der Waals surface area contributed by atoms with Crippen LogP contribution in [0.15, 0.2) is 41.5 Å². The van der Waals surface area contributed by atoms with Crippen LogP contribution in [0.4, 0.5) is 14.6 Å². The minimum atomic E-state index is -0.380. The highest BCUT2D eigenvalue weighted by Gasteiger charge is 2.25. The smallest absolute Gasteiger partial charge is 0.191 e. The van der Waals surface area contributed by atoms with E-state index in [0.717, 1.165) is 6.42 Å². The number of hydrogen-bond donors (Lipinski definition) is 2. The molecule has 1 aromatic heterocycles. The maximum Gasteiger partial charge on any atom is 0.191 e. The van der Waals surface area contributed by atoms with Gasteiger partial charge in [-0.1, -0.05) is 0 Å². The molecule has 1 unspecified atom stereocenters. The molecule has 0 saturated carbocycles. The van der Waals surface area contributed by atoms with Crippen molar-refractivity contribution < 1.29 is 8.78 Å². The van der Waals surface area contributed by atoms with E-state index in [2.05, 4.69) is 20.6 Å². The van der Waals surface area contributed by atoms with Gasteiger partial charge in [0.1, 0.15) is 5.82 Å². The summed E-state index contributed by atoms with van der Waals surface area (Å²) in [7, 11) is 1.63. The number of nitriles is 1. The Hall–Kier alpha value is -2.48. The number of nitrogens with one attached hydrogen (secondary N) is 2. The van der Waals surface area contributed by atoms with Crippen LogP contribution in [-0.2, 0) is 6.54 Å². The molecular weight excluding hydrogens is 477 g/mol. The number of halogens is 3. The first-order valence-electron chi connectivity index (χ1n) is 8.62. The van der Waals surface area contributed by atoms with Crippen LogP contribution in [0.2, 0.25) is 0 Å². The monoisotopic (exact) mass is 498 g/mol. The van der Waals surface area contributed by atoms with E-state index in [1.165, 1.54) is 24.3 Å². The van der Waals surface area contributed by atoms with E-state index >= 15 is 0 Å². The zero-order valence-electron chi connectivity index (χ0n) is 15.3. The predicted molar refractivity (Wildman–Crippen MR) is 115 cm³/mol. The summed E-state index contributed by atoms with van der Waals surface area (Å²) in [6, 6.07) is 9.25. The number of anilines is 1. The summed E-state index contributed by atoms with van der Waals surface area (Å²) in [5.41, 5.74) is 0.792. The molecule has 1 aliphatic rings. The molecule has 28 heavy (non-hydrogen) atoms.